The summed E-state index contributed by atoms with van der Waals surface area (Å²) in [5, 5.41) is 15.1. The second-order valence-electron chi connectivity index (χ2n) is 17.9. The third-order valence-corrected chi connectivity index (χ3v) is 12.9. The van der Waals surface area contributed by atoms with Crippen LogP contribution >= 0.6 is 0 Å². The number of likely N-dealkylation sites (tertiary alicyclic amines) is 1. The van der Waals surface area contributed by atoms with Gasteiger partial charge in [0.1, 0.15) is 28.4 Å². The second kappa shape index (κ2) is 14.6. The highest BCUT2D eigenvalue weighted by molar-refractivity contribution is 6.19. The van der Waals surface area contributed by atoms with Crippen molar-refractivity contribution >= 4 is 29.6 Å². The molecule has 2 saturated heterocycles. The standard InChI is InChI=1S/C46H58N2O9/c1-10-54-42(53)48-22-17-30(18-23-48)47-41(52)28(6)15-21-45-40(51)29-24-33-37(50)35-36(49)31-16-20-44(9,19-11-12-26(2)3)55-38(31)32(14-13-27(4)5)39(35)56-46(33,45)34(25-29)43(7,8)57-45/h12-13,15-16,20,24,29-30,34,49H,10-11,14,17-19,21-23,25H2,1-9H3,(H,47,52). The summed E-state index contributed by atoms with van der Waals surface area (Å²) < 4.78 is 26.2. The molecule has 3 fully saturated rings. The Morgan fingerprint density at radius 2 is 1.70 bits per heavy atom. The van der Waals surface area contributed by atoms with Gasteiger partial charge in [-0.15, -0.1) is 0 Å². The number of carbonyl (C=O) groups is 4. The third kappa shape index (κ3) is 6.63. The number of amides is 2. The summed E-state index contributed by atoms with van der Waals surface area (Å²) in [5.74, 6) is -1.37. The number of ketones is 2. The Kier molecular flexibility index (Phi) is 10.4. The van der Waals surface area contributed by atoms with E-state index in [9.17, 15) is 19.5 Å². The fourth-order valence-corrected chi connectivity index (χ4v) is 9.90. The second-order valence-corrected chi connectivity index (χ2v) is 17.9. The van der Waals surface area contributed by atoms with E-state index >= 15 is 4.79 Å². The predicted molar refractivity (Wildman–Crippen MR) is 216 cm³/mol. The molecule has 4 bridgehead atoms. The molecule has 0 aromatic heterocycles. The van der Waals surface area contributed by atoms with E-state index in [1.54, 1.807) is 30.9 Å². The molecule has 306 valence electrons. The molecule has 11 heteroatoms. The van der Waals surface area contributed by atoms with Crippen LogP contribution in [0.3, 0.4) is 0 Å². The minimum Gasteiger partial charge on any atom is -0.506 e. The molecule has 2 N–H and O–H groups in total. The largest absolute Gasteiger partial charge is 0.506 e. The van der Waals surface area contributed by atoms with Crippen LogP contribution in [0.1, 0.15) is 122 Å². The number of carbonyl (C=O) groups excluding carboxylic acids is 4. The first-order valence-corrected chi connectivity index (χ1v) is 20.5. The lowest BCUT2D eigenvalue weighted by molar-refractivity contribution is -0.171. The maximum Gasteiger partial charge on any atom is 0.409 e. The number of phenols is 1. The van der Waals surface area contributed by atoms with Crippen molar-refractivity contribution in [2.24, 2.45) is 11.8 Å². The van der Waals surface area contributed by atoms with Gasteiger partial charge in [0.05, 0.1) is 17.8 Å². The van der Waals surface area contributed by atoms with Gasteiger partial charge in [0, 0.05) is 54.1 Å². The fraction of sp³-hybridized carbons (Fsp3) is 0.565. The number of phenolic OH excluding ortho intramolecular Hbond substituents is 1. The Morgan fingerprint density at radius 1 is 1.00 bits per heavy atom. The number of hydrogen-bond acceptors (Lipinski definition) is 9. The van der Waals surface area contributed by atoms with Crippen LogP contribution in [-0.2, 0) is 25.5 Å². The Balaban J connectivity index is 1.27. The highest BCUT2D eigenvalue weighted by Crippen LogP contribution is 2.68. The highest BCUT2D eigenvalue weighted by atomic mass is 16.6. The van der Waals surface area contributed by atoms with Crippen molar-refractivity contribution in [3.63, 3.8) is 0 Å². The summed E-state index contributed by atoms with van der Waals surface area (Å²) in [6, 6.07) is -0.129. The molecular formula is C46H58N2O9. The van der Waals surface area contributed by atoms with Gasteiger partial charge < -0.3 is 34.3 Å². The van der Waals surface area contributed by atoms with Crippen molar-refractivity contribution in [1.82, 2.24) is 10.2 Å². The third-order valence-electron chi connectivity index (χ3n) is 12.9. The molecule has 7 aliphatic rings. The van der Waals surface area contributed by atoms with Gasteiger partial charge in [-0.05, 0) is 113 Å². The normalized spacial score (nSPS) is 29.3. The van der Waals surface area contributed by atoms with Crippen LogP contribution in [0.15, 0.2) is 52.7 Å². The number of nitrogens with one attached hydrogen (secondary N) is 1. The van der Waals surface area contributed by atoms with Crippen molar-refractivity contribution in [3.05, 3.63) is 69.4 Å². The van der Waals surface area contributed by atoms with Crippen molar-refractivity contribution in [1.29, 1.82) is 0 Å². The van der Waals surface area contributed by atoms with E-state index in [0.717, 1.165) is 12.0 Å². The maximum atomic E-state index is 15.0. The highest BCUT2D eigenvalue weighted by Gasteiger charge is 2.81. The Labute approximate surface area is 336 Å². The van der Waals surface area contributed by atoms with E-state index in [1.807, 2.05) is 52.8 Å². The van der Waals surface area contributed by atoms with Crippen LogP contribution in [0.5, 0.6) is 17.2 Å². The fourth-order valence-electron chi connectivity index (χ4n) is 9.90. The lowest BCUT2D eigenvalue weighted by atomic mass is 9.51. The van der Waals surface area contributed by atoms with Crippen LogP contribution in [0.2, 0.25) is 0 Å². The lowest BCUT2D eigenvalue weighted by Crippen LogP contribution is -2.72. The molecule has 3 aliphatic carbocycles. The van der Waals surface area contributed by atoms with E-state index in [-0.39, 0.29) is 59.0 Å². The first-order chi connectivity index (χ1) is 26.9. The number of allylic oxidation sites excluding steroid dienone is 5. The van der Waals surface area contributed by atoms with Crippen LogP contribution in [0.4, 0.5) is 4.79 Å². The molecule has 4 aliphatic heterocycles. The summed E-state index contributed by atoms with van der Waals surface area (Å²) in [4.78, 5) is 57.2. The van der Waals surface area contributed by atoms with Gasteiger partial charge in [-0.1, -0.05) is 35.5 Å². The average molecular weight is 783 g/mol. The van der Waals surface area contributed by atoms with E-state index in [4.69, 9.17) is 18.9 Å². The number of ether oxygens (including phenoxy) is 4. The van der Waals surface area contributed by atoms with Crippen molar-refractivity contribution < 1.29 is 43.2 Å². The molecule has 2 amide bonds. The van der Waals surface area contributed by atoms with Gasteiger partial charge in [-0.2, -0.15) is 0 Å². The van der Waals surface area contributed by atoms with Gasteiger partial charge in [0.2, 0.25) is 5.91 Å². The number of aromatic hydroxyl groups is 1. The van der Waals surface area contributed by atoms with Crippen LogP contribution in [-0.4, -0.2) is 81.7 Å². The topological polar surface area (TPSA) is 141 Å². The SMILES string of the molecule is CCOC(=O)N1CCC(NC(=O)C(C)=CCC23OC(C)(C)C4CC(C=C5C(=O)c6c(O)c7c(c(CC=C(C)C)c6OC542)OC(C)(CCC=C(C)C)C=C7)C3=O)CC1. The summed E-state index contributed by atoms with van der Waals surface area (Å²) in [7, 11) is 0. The Bertz CT molecular complexity index is 2060. The van der Waals surface area contributed by atoms with Crippen molar-refractivity contribution in [2.45, 2.75) is 136 Å². The van der Waals surface area contributed by atoms with Gasteiger partial charge >= 0.3 is 6.09 Å². The zero-order chi connectivity index (χ0) is 41.2. The van der Waals surface area contributed by atoms with Crippen LogP contribution in [0, 0.1) is 11.8 Å². The van der Waals surface area contributed by atoms with E-state index in [0.29, 0.717) is 79.8 Å². The number of fused-ring (bicyclic) bond motifs is 2. The van der Waals surface area contributed by atoms with Gasteiger partial charge in [0.25, 0.3) is 0 Å². The Morgan fingerprint density at radius 3 is 2.37 bits per heavy atom. The minimum absolute atomic E-state index is 0.00463. The number of nitrogens with zero attached hydrogens (tertiary/aromatic N) is 1. The first kappa shape index (κ1) is 40.6. The molecular weight excluding hydrogens is 725 g/mol. The predicted octanol–water partition coefficient (Wildman–Crippen LogP) is 7.89. The molecule has 5 unspecified atom stereocenters. The van der Waals surface area contributed by atoms with Gasteiger partial charge in [-0.3, -0.25) is 14.4 Å². The summed E-state index contributed by atoms with van der Waals surface area (Å²) in [5.41, 5.74) is -0.570. The van der Waals surface area contributed by atoms with E-state index in [1.165, 1.54) is 5.57 Å². The van der Waals surface area contributed by atoms with E-state index < -0.39 is 28.3 Å². The molecule has 8 rings (SSSR count). The number of Topliss-reactive ketones (excluding diaryl/α,β-unsaturated/α-hetero) is 2. The number of hydrogen-bond donors (Lipinski definition) is 2. The smallest absolute Gasteiger partial charge is 0.409 e. The molecule has 0 radical (unpaired) electrons. The summed E-state index contributed by atoms with van der Waals surface area (Å²) >= 11 is 0. The molecule has 1 aromatic rings. The Hall–Kier alpha value is -4.64. The average Bonchev–Trinajstić information content (AvgIpc) is 3.30. The lowest BCUT2D eigenvalue weighted by Gasteiger charge is -2.56. The zero-order valence-electron chi connectivity index (χ0n) is 34.9. The quantitative estimate of drug-likeness (QED) is 0.179. The van der Waals surface area contributed by atoms with Crippen molar-refractivity contribution in [3.8, 4) is 17.2 Å². The van der Waals surface area contributed by atoms with Crippen LogP contribution in [0.25, 0.3) is 6.08 Å². The van der Waals surface area contributed by atoms with Crippen LogP contribution < -0.4 is 14.8 Å². The van der Waals surface area contributed by atoms with E-state index in [2.05, 4.69) is 25.2 Å². The molecule has 1 spiro atoms. The summed E-state index contributed by atoms with van der Waals surface area (Å²) in [6.07, 6.45) is 14.6. The van der Waals surface area contributed by atoms with Gasteiger partial charge in [-0.25, -0.2) is 4.79 Å². The number of rotatable bonds is 10. The number of piperidine rings is 1. The summed E-state index contributed by atoms with van der Waals surface area (Å²) in [6.45, 7) is 18.8. The molecule has 1 saturated carbocycles. The monoisotopic (exact) mass is 782 g/mol. The first-order valence-electron chi connectivity index (χ1n) is 20.5. The van der Waals surface area contributed by atoms with Gasteiger partial charge in [0.15, 0.2) is 22.8 Å². The number of benzene rings is 1. The molecule has 11 nitrogen and oxygen atoms in total. The molecule has 5 atom stereocenters. The molecule has 1 aromatic carbocycles. The minimum atomic E-state index is -1.62. The molecule has 4 heterocycles. The zero-order valence-corrected chi connectivity index (χ0v) is 34.9. The molecule has 57 heavy (non-hydrogen) atoms. The van der Waals surface area contributed by atoms with Crippen molar-refractivity contribution in [2.75, 3.05) is 19.7 Å². The maximum absolute atomic E-state index is 15.0.